The van der Waals surface area contributed by atoms with Crippen LogP contribution < -0.4 is 18.9 Å². The Morgan fingerprint density at radius 3 is 1.52 bits per heavy atom. The molecular formula is C53H71LiN4O5. The molecule has 2 fully saturated rings. The number of aliphatic carboxylic acids is 1. The van der Waals surface area contributed by atoms with Gasteiger partial charge in [0.15, 0.2) is 0 Å². The third-order valence-corrected chi connectivity index (χ3v) is 13.8. The molecule has 0 amide bonds. The fourth-order valence-corrected chi connectivity index (χ4v) is 10.4. The van der Waals surface area contributed by atoms with Crippen LogP contribution in [-0.2, 0) is 52.9 Å². The van der Waals surface area contributed by atoms with E-state index in [0.717, 1.165) is 69.4 Å². The first-order valence-corrected chi connectivity index (χ1v) is 23.8. The van der Waals surface area contributed by atoms with E-state index >= 15 is 0 Å². The summed E-state index contributed by atoms with van der Waals surface area (Å²) in [6.07, 6.45) is 24.3. The van der Waals surface area contributed by atoms with Crippen LogP contribution in [0.2, 0.25) is 0 Å². The molecular weight excluding hydrogens is 780 g/mol. The number of rotatable bonds is 18. The third kappa shape index (κ3) is 14.6. The van der Waals surface area contributed by atoms with Crippen molar-refractivity contribution in [1.82, 2.24) is 19.8 Å². The van der Waals surface area contributed by atoms with Crippen molar-refractivity contribution in [3.63, 3.8) is 0 Å². The molecule has 8 rings (SSSR count). The fraction of sp³-hybridized carbons (Fsp3) is 0.547. The number of carbonyl (C=O) groups excluding carboxylic acids is 1. The number of carbonyl (C=O) groups is 2. The van der Waals surface area contributed by atoms with Gasteiger partial charge >= 0.3 is 30.8 Å². The summed E-state index contributed by atoms with van der Waals surface area (Å²) in [5.41, 5.74) is 10.1. The number of fused-ring (bicyclic) bond motifs is 2. The van der Waals surface area contributed by atoms with Crippen molar-refractivity contribution in [2.45, 2.75) is 141 Å². The molecule has 2 unspecified atom stereocenters. The van der Waals surface area contributed by atoms with E-state index in [2.05, 4.69) is 34.1 Å². The van der Waals surface area contributed by atoms with Crippen LogP contribution in [-0.4, -0.2) is 75.6 Å². The molecule has 2 aliphatic carbocycles. The quantitative estimate of drug-likeness (QED) is 0.0622. The molecule has 0 bridgehead atoms. The molecule has 0 radical (unpaired) electrons. The Kier molecular flexibility index (Phi) is 20.9. The summed E-state index contributed by atoms with van der Waals surface area (Å²) in [4.78, 5) is 38.6. The molecule has 334 valence electrons. The van der Waals surface area contributed by atoms with E-state index in [1.54, 1.807) is 0 Å². The second-order valence-corrected chi connectivity index (χ2v) is 18.2. The molecule has 0 spiro atoms. The Morgan fingerprint density at radius 1 is 0.619 bits per heavy atom. The summed E-state index contributed by atoms with van der Waals surface area (Å²) in [6.45, 7) is 3.74. The fourth-order valence-electron chi connectivity index (χ4n) is 10.4. The van der Waals surface area contributed by atoms with Crippen molar-refractivity contribution < 1.29 is 43.8 Å². The van der Waals surface area contributed by atoms with Gasteiger partial charge in [-0.3, -0.25) is 24.6 Å². The summed E-state index contributed by atoms with van der Waals surface area (Å²) < 4.78 is 5.12. The molecule has 2 N–H and O–H groups in total. The number of hydrogen-bond donors (Lipinski definition) is 1. The van der Waals surface area contributed by atoms with Crippen LogP contribution in [0.1, 0.15) is 147 Å². The van der Waals surface area contributed by atoms with Crippen molar-refractivity contribution in [3.05, 3.63) is 130 Å². The zero-order chi connectivity index (χ0) is 42.2. The summed E-state index contributed by atoms with van der Waals surface area (Å²) in [6, 6.07) is 28.0. The molecule has 2 saturated heterocycles. The topological polar surface area (TPSA) is 126 Å². The molecule has 0 saturated carbocycles. The van der Waals surface area contributed by atoms with E-state index in [1.165, 1.54) is 137 Å². The number of carboxylic acid groups (broad SMARTS) is 1. The zero-order valence-electron chi connectivity index (χ0n) is 38.3. The Labute approximate surface area is 389 Å². The maximum Gasteiger partial charge on any atom is 1.00 e. The molecule has 2 aromatic heterocycles. The summed E-state index contributed by atoms with van der Waals surface area (Å²) in [7, 11) is 1.49. The van der Waals surface area contributed by atoms with Gasteiger partial charge < -0.3 is 15.3 Å². The summed E-state index contributed by atoms with van der Waals surface area (Å²) in [5.74, 6) is 0.416. The largest absolute Gasteiger partial charge is 1.00 e. The van der Waals surface area contributed by atoms with Crippen molar-refractivity contribution in [1.29, 1.82) is 0 Å². The van der Waals surface area contributed by atoms with Crippen LogP contribution in [0.4, 0.5) is 0 Å². The maximum atomic E-state index is 12.5. The number of unbranched alkanes of at least 4 members (excludes halogenated alkanes) is 4. The number of likely N-dealkylation sites (tertiary alicyclic amines) is 2. The molecule has 4 heterocycles. The molecule has 9 nitrogen and oxygen atoms in total. The minimum absolute atomic E-state index is 0. The van der Waals surface area contributed by atoms with Gasteiger partial charge in [0.25, 0.3) is 0 Å². The van der Waals surface area contributed by atoms with Gasteiger partial charge in [-0.15, -0.1) is 0 Å². The van der Waals surface area contributed by atoms with Gasteiger partial charge in [0.2, 0.25) is 0 Å². The predicted octanol–water partition coefficient (Wildman–Crippen LogP) is 7.34. The number of hydrogen-bond acceptors (Lipinski definition) is 8. The number of benzene rings is 2. The number of esters is 1. The van der Waals surface area contributed by atoms with E-state index in [1.807, 2.05) is 60.7 Å². The minimum atomic E-state index is -0.737. The van der Waals surface area contributed by atoms with E-state index in [4.69, 9.17) is 14.7 Å². The van der Waals surface area contributed by atoms with E-state index in [9.17, 15) is 14.7 Å². The first-order chi connectivity index (χ1) is 29.9. The standard InChI is InChI=1S/C27H36N2O2.C26H34N2O2.Li.H2O/c1-31-27(30)26(23-12-5-3-6-13-23)29-19-18-21(20-29)10-4-2-7-14-24-17-16-22-11-8-9-15-25(22)28-24;29-26(30)25(22-11-4-2-5-12-22)28-18-17-20(19-28)9-3-1-6-13-23-16-15-21-10-7-8-14-24(21)27-23;;/h3,5-6,12-13,16-17,21,26H,2,4,7-11,14-15,18-20H2,1H3;2,4-5,11-12,15-16,20,25H,1,3,6-10,13-14,17-19H2,(H,29,30);;1H2/q;;+1;/p-1/t21-,26?;20-,25?;;/m11../s1. The molecule has 4 atom stereocenters. The van der Waals surface area contributed by atoms with Crippen molar-refractivity contribution in [2.75, 3.05) is 33.3 Å². The third-order valence-electron chi connectivity index (χ3n) is 13.8. The van der Waals surface area contributed by atoms with Gasteiger partial charge in [-0.2, -0.15) is 0 Å². The first kappa shape index (κ1) is 50.2. The van der Waals surface area contributed by atoms with Crippen LogP contribution in [0.5, 0.6) is 0 Å². The van der Waals surface area contributed by atoms with Crippen molar-refractivity contribution in [3.8, 4) is 0 Å². The zero-order valence-corrected chi connectivity index (χ0v) is 38.3. The van der Waals surface area contributed by atoms with E-state index in [0.29, 0.717) is 11.8 Å². The maximum absolute atomic E-state index is 12.5. The monoisotopic (exact) mass is 851 g/mol. The number of aromatic nitrogens is 2. The number of aryl methyl sites for hydroxylation is 6. The van der Waals surface area contributed by atoms with Crippen LogP contribution in [0.15, 0.2) is 84.9 Å². The number of ether oxygens (including phenoxy) is 1. The van der Waals surface area contributed by atoms with E-state index in [-0.39, 0.29) is 36.3 Å². The van der Waals surface area contributed by atoms with Crippen LogP contribution in [0.25, 0.3) is 0 Å². The van der Waals surface area contributed by atoms with Crippen LogP contribution in [0.3, 0.4) is 0 Å². The number of pyridine rings is 2. The average Bonchev–Trinajstić information content (AvgIpc) is 3.97. The number of nitrogens with zero attached hydrogens (tertiary/aromatic N) is 4. The molecule has 10 heteroatoms. The summed E-state index contributed by atoms with van der Waals surface area (Å²) in [5, 5.41) is 9.75. The second kappa shape index (κ2) is 26.2. The van der Waals surface area contributed by atoms with Crippen molar-refractivity contribution in [2.24, 2.45) is 11.8 Å². The number of carboxylic acids is 1. The van der Waals surface area contributed by atoms with Gasteiger partial charge in [0.1, 0.15) is 12.1 Å². The van der Waals surface area contributed by atoms with Gasteiger partial charge in [0.05, 0.1) is 7.11 Å². The number of methoxy groups -OCH3 is 1. The van der Waals surface area contributed by atoms with Crippen molar-refractivity contribution >= 4 is 11.9 Å². The average molecular weight is 851 g/mol. The Balaban J connectivity index is 0.000000230. The SMILES string of the molecule is COC(=O)C(c1ccccc1)N1CC[C@@H](CCCCCc2ccc3c(n2)CCCC3)C1.O=C(O)C(c1ccccc1)N1CC[C@@H](CCCCCc2ccc3c(n2)CCCC3)C1.[Li+].[OH-]. The van der Waals surface area contributed by atoms with Gasteiger partial charge in [-0.05, 0) is 162 Å². The Morgan fingerprint density at radius 2 is 1.06 bits per heavy atom. The molecule has 4 aromatic rings. The Bertz CT molecular complexity index is 1980. The minimum Gasteiger partial charge on any atom is -0.870 e. The normalized spacial score (nSPS) is 19.3. The second-order valence-electron chi connectivity index (χ2n) is 18.2. The smallest absolute Gasteiger partial charge is 0.870 e. The van der Waals surface area contributed by atoms with Gasteiger partial charge in [-0.25, -0.2) is 4.79 Å². The van der Waals surface area contributed by atoms with E-state index < -0.39 is 12.0 Å². The van der Waals surface area contributed by atoms with Gasteiger partial charge in [-0.1, -0.05) is 98.5 Å². The molecule has 63 heavy (non-hydrogen) atoms. The Hall–Kier alpha value is -3.84. The molecule has 4 aliphatic rings. The first-order valence-electron chi connectivity index (χ1n) is 23.8. The predicted molar refractivity (Wildman–Crippen MR) is 245 cm³/mol. The summed E-state index contributed by atoms with van der Waals surface area (Å²) >= 11 is 0. The molecule has 2 aliphatic heterocycles. The van der Waals surface area contributed by atoms with Gasteiger partial charge in [0, 0.05) is 35.9 Å². The van der Waals surface area contributed by atoms with Crippen LogP contribution >= 0.6 is 0 Å². The molecule has 2 aromatic carbocycles. The van der Waals surface area contributed by atoms with Crippen LogP contribution in [0, 0.1) is 11.8 Å².